The molecule has 1 nitrogen and oxygen atoms in total. The summed E-state index contributed by atoms with van der Waals surface area (Å²) < 4.78 is 5.55. The quantitative estimate of drug-likeness (QED) is 0.670. The van der Waals surface area contributed by atoms with Crippen LogP contribution in [0.4, 0.5) is 0 Å². The summed E-state index contributed by atoms with van der Waals surface area (Å²) in [7, 11) is 0. The van der Waals surface area contributed by atoms with E-state index in [0.29, 0.717) is 0 Å². The Kier molecular flexibility index (Phi) is 2.35. The molecule has 0 unspecified atom stereocenters. The number of alkyl halides is 1. The minimum Gasteiger partial charge on any atom is -0.493 e. The summed E-state index contributed by atoms with van der Waals surface area (Å²) in [5.74, 6) is 1.08. The Morgan fingerprint density at radius 1 is 1.42 bits per heavy atom. The van der Waals surface area contributed by atoms with Crippen LogP contribution in [0.5, 0.6) is 5.75 Å². The van der Waals surface area contributed by atoms with Crippen molar-refractivity contribution in [1.29, 1.82) is 0 Å². The molecule has 1 aliphatic rings. The zero-order valence-electron chi connectivity index (χ0n) is 6.85. The molecular formula is C10H11BrO. The van der Waals surface area contributed by atoms with Gasteiger partial charge in [0.05, 0.1) is 6.61 Å². The van der Waals surface area contributed by atoms with Crippen molar-refractivity contribution in [3.05, 3.63) is 29.3 Å². The largest absolute Gasteiger partial charge is 0.493 e. The van der Waals surface area contributed by atoms with E-state index < -0.39 is 0 Å². The Labute approximate surface area is 80.9 Å². The summed E-state index contributed by atoms with van der Waals surface area (Å²) in [6.07, 6.45) is 2.32. The van der Waals surface area contributed by atoms with Crippen molar-refractivity contribution in [2.75, 3.05) is 6.61 Å². The summed E-state index contributed by atoms with van der Waals surface area (Å²) in [4.78, 5) is 0. The lowest BCUT2D eigenvalue weighted by Gasteiger charge is -2.17. The van der Waals surface area contributed by atoms with Gasteiger partial charge in [-0.3, -0.25) is 0 Å². The molecule has 0 amide bonds. The first-order valence-electron chi connectivity index (χ1n) is 4.21. The van der Waals surface area contributed by atoms with Gasteiger partial charge in [0, 0.05) is 5.33 Å². The van der Waals surface area contributed by atoms with E-state index in [2.05, 4.69) is 34.1 Å². The molecule has 2 rings (SSSR count). The molecule has 1 heterocycles. The summed E-state index contributed by atoms with van der Waals surface area (Å²) in [6.45, 7) is 0.874. The van der Waals surface area contributed by atoms with Crippen molar-refractivity contribution < 1.29 is 4.74 Å². The van der Waals surface area contributed by atoms with Crippen LogP contribution >= 0.6 is 15.9 Å². The molecule has 1 aromatic rings. The van der Waals surface area contributed by atoms with Crippen molar-refractivity contribution in [2.45, 2.75) is 18.2 Å². The van der Waals surface area contributed by atoms with Gasteiger partial charge in [-0.1, -0.05) is 28.1 Å². The van der Waals surface area contributed by atoms with Gasteiger partial charge in [0.15, 0.2) is 0 Å². The molecule has 0 saturated heterocycles. The summed E-state index contributed by atoms with van der Waals surface area (Å²) in [5, 5.41) is 0.906. The summed E-state index contributed by atoms with van der Waals surface area (Å²) in [5.41, 5.74) is 2.64. The van der Waals surface area contributed by atoms with E-state index in [-0.39, 0.29) is 0 Å². The summed E-state index contributed by atoms with van der Waals surface area (Å²) >= 11 is 3.43. The van der Waals surface area contributed by atoms with E-state index in [1.165, 1.54) is 11.1 Å². The minimum absolute atomic E-state index is 0.874. The zero-order chi connectivity index (χ0) is 8.39. The highest BCUT2D eigenvalue weighted by Gasteiger charge is 2.09. The van der Waals surface area contributed by atoms with Gasteiger partial charge in [0.25, 0.3) is 0 Å². The Bertz CT molecular complexity index is 283. The topological polar surface area (TPSA) is 9.23 Å². The number of rotatable bonds is 1. The van der Waals surface area contributed by atoms with Crippen molar-refractivity contribution in [3.63, 3.8) is 0 Å². The molecule has 64 valence electrons. The first-order chi connectivity index (χ1) is 5.90. The van der Waals surface area contributed by atoms with Gasteiger partial charge in [0.1, 0.15) is 5.75 Å². The lowest BCUT2D eigenvalue weighted by Crippen LogP contribution is -2.08. The molecule has 0 radical (unpaired) electrons. The van der Waals surface area contributed by atoms with Crippen molar-refractivity contribution in [2.24, 2.45) is 0 Å². The molecular weight excluding hydrogens is 216 g/mol. The highest BCUT2D eigenvalue weighted by atomic mass is 79.9. The summed E-state index contributed by atoms with van der Waals surface area (Å²) in [6, 6.07) is 6.45. The Hall–Kier alpha value is -0.500. The molecule has 0 bridgehead atoms. The number of fused-ring (bicyclic) bond motifs is 1. The third kappa shape index (κ3) is 1.48. The standard InChI is InChI=1S/C10H11BrO/c11-7-8-3-4-9-2-1-5-12-10(9)6-8/h3-4,6H,1-2,5,7H2. The van der Waals surface area contributed by atoms with Crippen LogP contribution in [0.25, 0.3) is 0 Å². The minimum atomic E-state index is 0.874. The first-order valence-corrected chi connectivity index (χ1v) is 5.33. The van der Waals surface area contributed by atoms with E-state index in [9.17, 15) is 0 Å². The normalized spacial score (nSPS) is 15.1. The van der Waals surface area contributed by atoms with E-state index >= 15 is 0 Å². The fourth-order valence-electron chi connectivity index (χ4n) is 1.47. The number of aryl methyl sites for hydroxylation is 1. The third-order valence-corrected chi connectivity index (χ3v) is 2.78. The molecule has 12 heavy (non-hydrogen) atoms. The van der Waals surface area contributed by atoms with E-state index in [1.807, 2.05) is 0 Å². The van der Waals surface area contributed by atoms with Gasteiger partial charge in [-0.05, 0) is 30.0 Å². The SMILES string of the molecule is BrCc1ccc2c(c1)OCCC2. The zero-order valence-corrected chi connectivity index (χ0v) is 8.43. The van der Waals surface area contributed by atoms with Crippen molar-refractivity contribution >= 4 is 15.9 Å². The third-order valence-electron chi connectivity index (χ3n) is 2.13. The second-order valence-corrected chi connectivity index (χ2v) is 3.59. The number of hydrogen-bond donors (Lipinski definition) is 0. The lowest BCUT2D eigenvalue weighted by atomic mass is 10.0. The molecule has 1 aromatic carbocycles. The molecule has 0 fully saturated rings. The average molecular weight is 227 g/mol. The molecule has 0 atom stereocenters. The monoisotopic (exact) mass is 226 g/mol. The van der Waals surface area contributed by atoms with E-state index in [1.54, 1.807) is 0 Å². The van der Waals surface area contributed by atoms with Crippen LogP contribution in [0, 0.1) is 0 Å². The number of hydrogen-bond acceptors (Lipinski definition) is 1. The number of ether oxygens (including phenoxy) is 1. The van der Waals surface area contributed by atoms with Gasteiger partial charge >= 0.3 is 0 Å². The van der Waals surface area contributed by atoms with Crippen LogP contribution in [0.2, 0.25) is 0 Å². The van der Waals surface area contributed by atoms with Gasteiger partial charge in [-0.25, -0.2) is 0 Å². The van der Waals surface area contributed by atoms with Crippen molar-refractivity contribution in [3.8, 4) is 5.75 Å². The van der Waals surface area contributed by atoms with Gasteiger partial charge < -0.3 is 4.74 Å². The molecule has 1 aliphatic heterocycles. The van der Waals surface area contributed by atoms with Crippen LogP contribution in [0.3, 0.4) is 0 Å². The molecule has 0 aliphatic carbocycles. The first kappa shape index (κ1) is 8.11. The molecule has 0 spiro atoms. The van der Waals surface area contributed by atoms with Crippen molar-refractivity contribution in [1.82, 2.24) is 0 Å². The maximum Gasteiger partial charge on any atom is 0.122 e. The highest BCUT2D eigenvalue weighted by molar-refractivity contribution is 9.08. The van der Waals surface area contributed by atoms with Gasteiger partial charge in [0.2, 0.25) is 0 Å². The van der Waals surface area contributed by atoms with E-state index in [4.69, 9.17) is 4.74 Å². The smallest absolute Gasteiger partial charge is 0.122 e. The van der Waals surface area contributed by atoms with Crippen LogP contribution in [0.1, 0.15) is 17.5 Å². The molecule has 0 saturated carbocycles. The second kappa shape index (κ2) is 3.48. The highest BCUT2D eigenvalue weighted by Crippen LogP contribution is 2.26. The van der Waals surface area contributed by atoms with Crippen LogP contribution in [-0.2, 0) is 11.8 Å². The average Bonchev–Trinajstić information content (AvgIpc) is 2.17. The fraction of sp³-hybridized carbons (Fsp3) is 0.400. The molecule has 0 aromatic heterocycles. The van der Waals surface area contributed by atoms with E-state index in [0.717, 1.165) is 30.5 Å². The Balaban J connectivity index is 2.36. The molecule has 0 N–H and O–H groups in total. The van der Waals surface area contributed by atoms with Gasteiger partial charge in [-0.2, -0.15) is 0 Å². The van der Waals surface area contributed by atoms with Gasteiger partial charge in [-0.15, -0.1) is 0 Å². The maximum absolute atomic E-state index is 5.55. The lowest BCUT2D eigenvalue weighted by molar-refractivity contribution is 0.288. The Morgan fingerprint density at radius 2 is 2.33 bits per heavy atom. The second-order valence-electron chi connectivity index (χ2n) is 3.03. The van der Waals surface area contributed by atoms with Crippen LogP contribution < -0.4 is 4.74 Å². The van der Waals surface area contributed by atoms with Crippen LogP contribution in [-0.4, -0.2) is 6.61 Å². The fourth-order valence-corrected chi connectivity index (χ4v) is 1.82. The predicted molar refractivity (Wildman–Crippen MR) is 52.9 cm³/mol. The maximum atomic E-state index is 5.55. The van der Waals surface area contributed by atoms with Crippen LogP contribution in [0.15, 0.2) is 18.2 Å². The number of halogens is 1. The molecule has 2 heteroatoms. The Morgan fingerprint density at radius 3 is 3.17 bits per heavy atom. The predicted octanol–water partition coefficient (Wildman–Crippen LogP) is 2.91. The number of benzene rings is 1.